The van der Waals surface area contributed by atoms with Crippen LogP contribution in [0.2, 0.25) is 0 Å². The van der Waals surface area contributed by atoms with Crippen molar-refractivity contribution in [3.8, 4) is 0 Å². The molecular weight excluding hydrogens is 1120 g/mol. The predicted octanol–water partition coefficient (Wildman–Crippen LogP) is 8.50. The molecule has 8 unspecified atom stereocenters. The number of aliphatic hydroxyl groups excluding tert-OH is 1. The van der Waals surface area contributed by atoms with Crippen molar-refractivity contribution in [3.63, 3.8) is 0 Å². The van der Waals surface area contributed by atoms with Crippen molar-refractivity contribution < 1.29 is 75.4 Å². The van der Waals surface area contributed by atoms with Crippen molar-refractivity contribution in [3.05, 3.63) is 162 Å². The minimum atomic E-state index is -5.37. The Labute approximate surface area is 466 Å². The van der Waals surface area contributed by atoms with Gasteiger partial charge in [0.2, 0.25) is 0 Å². The highest BCUT2D eigenvalue weighted by Crippen LogP contribution is 2.48. The monoisotopic (exact) mass is 1170 g/mol. The van der Waals surface area contributed by atoms with Gasteiger partial charge in [0.25, 0.3) is 17.7 Å². The number of benzene rings is 6. The first-order chi connectivity index (χ1) is 39.2. The molecule has 424 valence electrons. The number of H-pyrrole nitrogens is 1. The highest BCUT2D eigenvalue weighted by atomic mass is 31.2. The first-order valence-electron chi connectivity index (χ1n) is 25.6. The Morgan fingerprint density at radius 1 is 0.463 bits per heavy atom. The number of pyridine rings is 3. The van der Waals surface area contributed by atoms with Gasteiger partial charge in [-0.2, -0.15) is 0 Å². The van der Waals surface area contributed by atoms with Gasteiger partial charge in [-0.3, -0.25) is 37.0 Å². The second kappa shape index (κ2) is 23.8. The van der Waals surface area contributed by atoms with Crippen LogP contribution in [0.3, 0.4) is 0 Å². The lowest BCUT2D eigenvalue weighted by Gasteiger charge is -2.30. The van der Waals surface area contributed by atoms with E-state index in [1.165, 1.54) is 20.8 Å². The zero-order valence-electron chi connectivity index (χ0n) is 43.9. The molecule has 0 spiro atoms. The predicted molar refractivity (Wildman–Crippen MR) is 306 cm³/mol. The van der Waals surface area contributed by atoms with Crippen molar-refractivity contribution in [2.75, 3.05) is 19.8 Å². The van der Waals surface area contributed by atoms with E-state index in [1.807, 2.05) is 6.07 Å². The molecule has 0 radical (unpaired) electrons. The molecule has 0 bridgehead atoms. The van der Waals surface area contributed by atoms with Crippen molar-refractivity contribution >= 4 is 118 Å². The molecule has 9 N–H and O–H groups in total. The molecule has 0 aliphatic carbocycles. The maximum absolute atomic E-state index is 14.8. The number of aliphatic hydroxyl groups is 1. The molecule has 0 fully saturated rings. The molecule has 82 heavy (non-hydrogen) atoms. The number of aromatic amines is 1. The van der Waals surface area contributed by atoms with Crippen LogP contribution in [0.1, 0.15) is 51.8 Å². The van der Waals surface area contributed by atoms with Gasteiger partial charge in [-0.1, -0.05) is 109 Å². The Morgan fingerprint density at radius 3 is 1.23 bits per heavy atom. The molecule has 0 aliphatic heterocycles. The molecule has 6 aromatic carbocycles. The number of fused-ring (bicyclic) bond motifs is 8. The maximum Gasteiger partial charge on any atom is 0.472 e. The molecule has 10 rings (SSSR count). The molecular formula is C56H54N7O16P3. The van der Waals surface area contributed by atoms with Crippen LogP contribution >= 0.6 is 23.5 Å². The Kier molecular flexibility index (Phi) is 16.8. The largest absolute Gasteiger partial charge is 0.472 e. The van der Waals surface area contributed by atoms with Gasteiger partial charge in [-0.25, -0.2) is 28.6 Å². The molecule has 4 heterocycles. The van der Waals surface area contributed by atoms with Crippen molar-refractivity contribution in [2.45, 2.75) is 57.2 Å². The van der Waals surface area contributed by atoms with Gasteiger partial charge in [-0.15, -0.1) is 0 Å². The number of hydrogen-bond acceptors (Lipinski definition) is 15. The number of amides is 3. The van der Waals surface area contributed by atoms with E-state index in [0.29, 0.717) is 76.5 Å². The molecule has 23 nitrogen and oxygen atoms in total. The molecule has 4 aromatic heterocycles. The summed E-state index contributed by atoms with van der Waals surface area (Å²) in [5, 5.41) is 21.5. The average Bonchev–Trinajstić information content (AvgIpc) is 3.87. The van der Waals surface area contributed by atoms with E-state index in [-0.39, 0.29) is 16.7 Å². The van der Waals surface area contributed by atoms with E-state index in [9.17, 15) is 52.8 Å². The molecule has 0 saturated carbocycles. The SMILES string of the molecule is CC(OP(=O)(O)O)C(COP(=O)(O)OCC(NC(=O)c1c2ccccc2nc2c1[nH]c1ccccc12)C(C)OP(=O)(O)OC(C)C(CO)NC(=O)c1c2ccccc2nc2ccccc12)NC(=O)c1c2ccccc2nc2ccccc12. The third-order valence-electron chi connectivity index (χ3n) is 13.8. The van der Waals surface area contributed by atoms with Gasteiger partial charge in [0.15, 0.2) is 0 Å². The van der Waals surface area contributed by atoms with E-state index in [1.54, 1.807) is 140 Å². The Balaban J connectivity index is 0.909. The first-order valence-corrected chi connectivity index (χ1v) is 30.1. The number of phosphoric ester groups is 3. The molecule has 10 aromatic rings. The number of carbonyl (C=O) groups excluding carboxylic acids is 3. The molecule has 0 aliphatic rings. The van der Waals surface area contributed by atoms with E-state index < -0.39 is 97.4 Å². The second-order valence-electron chi connectivity index (χ2n) is 19.3. The van der Waals surface area contributed by atoms with E-state index in [4.69, 9.17) is 27.6 Å². The van der Waals surface area contributed by atoms with Gasteiger partial charge in [-0.05, 0) is 57.2 Å². The van der Waals surface area contributed by atoms with Gasteiger partial charge >= 0.3 is 23.5 Å². The van der Waals surface area contributed by atoms with Gasteiger partial charge in [0.1, 0.15) is 0 Å². The maximum atomic E-state index is 14.8. The molecule has 26 heteroatoms. The van der Waals surface area contributed by atoms with Crippen LogP contribution in [-0.2, 0) is 36.3 Å². The lowest BCUT2D eigenvalue weighted by molar-refractivity contribution is 0.0335. The summed E-state index contributed by atoms with van der Waals surface area (Å²) in [6, 6.07) is 36.9. The zero-order chi connectivity index (χ0) is 58.1. The minimum absolute atomic E-state index is 0.0677. The summed E-state index contributed by atoms with van der Waals surface area (Å²) < 4.78 is 67.1. The Morgan fingerprint density at radius 2 is 0.805 bits per heavy atom. The fourth-order valence-corrected chi connectivity index (χ4v) is 12.3. The van der Waals surface area contributed by atoms with Crippen molar-refractivity contribution in [1.82, 2.24) is 35.9 Å². The molecule has 3 amide bonds. The highest BCUT2D eigenvalue weighted by molar-refractivity contribution is 7.47. The summed E-state index contributed by atoms with van der Waals surface area (Å²) in [5.41, 5.74) is 4.20. The Bertz CT molecular complexity index is 4150. The van der Waals surface area contributed by atoms with Crippen LogP contribution in [0, 0.1) is 0 Å². The number of carbonyl (C=O) groups is 3. The number of nitrogens with zero attached hydrogens (tertiary/aromatic N) is 3. The third-order valence-corrected chi connectivity index (χ3v) is 16.5. The standard InChI is InChI=1S/C56H54N7O16P3/c1-31(46(28-64)61-54(65)49-34-16-4-10-22-40(34)57-41-23-11-5-17-35(41)49)78-82(73,74)79-33(3)48(63-56(67)51-38-20-8-14-26-44(38)59-52-39-21-9-15-27-45(39)60-53(51)52)30-76-81(71,72)75-29-47(32(2)77-80(68,69)70)62-55(66)50-36-18-6-12-24-42(36)58-43-25-13-7-19-37(43)50/h4-27,31-33,46-48,60,64H,28-30H2,1-3H3,(H,61,65)(H,62,66)(H,63,67)(H,71,72)(H,73,74)(H2,68,69,70). The lowest BCUT2D eigenvalue weighted by atomic mass is 10.0. The van der Waals surface area contributed by atoms with Gasteiger partial charge < -0.3 is 45.6 Å². The summed E-state index contributed by atoms with van der Waals surface area (Å²) in [6.07, 6.45) is -4.63. The van der Waals surface area contributed by atoms with Crippen molar-refractivity contribution in [2.24, 2.45) is 0 Å². The van der Waals surface area contributed by atoms with Crippen LogP contribution in [0.25, 0.3) is 76.5 Å². The second-order valence-corrected chi connectivity index (χ2v) is 23.3. The lowest BCUT2D eigenvalue weighted by Crippen LogP contribution is -2.47. The minimum Gasteiger partial charge on any atom is -0.394 e. The highest BCUT2D eigenvalue weighted by Gasteiger charge is 2.38. The zero-order valence-corrected chi connectivity index (χ0v) is 46.5. The molecule has 8 atom stereocenters. The topological polar surface area (TPSA) is 340 Å². The average molecular weight is 1170 g/mol. The number of aromatic nitrogens is 4. The van der Waals surface area contributed by atoms with Crippen LogP contribution in [0.15, 0.2) is 146 Å². The van der Waals surface area contributed by atoms with Gasteiger partial charge in [0.05, 0.1) is 112 Å². The van der Waals surface area contributed by atoms with Crippen LogP contribution in [-0.4, -0.2) is 119 Å². The summed E-state index contributed by atoms with van der Waals surface area (Å²) in [5.74, 6) is -2.26. The summed E-state index contributed by atoms with van der Waals surface area (Å²) in [4.78, 5) is 103. The van der Waals surface area contributed by atoms with Crippen molar-refractivity contribution in [1.29, 1.82) is 0 Å². The van der Waals surface area contributed by atoms with E-state index in [0.717, 1.165) is 0 Å². The number of nitrogens with one attached hydrogen (secondary N) is 4. The fraction of sp³-hybridized carbons (Fsp3) is 0.214. The normalized spacial score (nSPS) is 15.9. The van der Waals surface area contributed by atoms with Crippen LogP contribution < -0.4 is 16.0 Å². The van der Waals surface area contributed by atoms with Crippen LogP contribution in [0.4, 0.5) is 0 Å². The first kappa shape index (κ1) is 57.8. The summed E-state index contributed by atoms with van der Waals surface area (Å²) in [7, 11) is -15.9. The molecule has 0 saturated heterocycles. The number of hydrogen-bond donors (Lipinski definition) is 9. The summed E-state index contributed by atoms with van der Waals surface area (Å²) >= 11 is 0. The van der Waals surface area contributed by atoms with E-state index in [2.05, 4.69) is 30.9 Å². The number of rotatable bonds is 22. The quantitative estimate of drug-likeness (QED) is 0.0227. The third kappa shape index (κ3) is 12.6. The Hall–Kier alpha value is -7.43. The van der Waals surface area contributed by atoms with E-state index >= 15 is 0 Å². The van der Waals surface area contributed by atoms with Crippen LogP contribution in [0.5, 0.6) is 0 Å². The number of para-hydroxylation sites is 6. The fourth-order valence-electron chi connectivity index (χ4n) is 9.76. The summed E-state index contributed by atoms with van der Waals surface area (Å²) in [6.45, 7) is 1.02. The van der Waals surface area contributed by atoms with Gasteiger partial charge in [0, 0.05) is 37.8 Å². The smallest absolute Gasteiger partial charge is 0.394 e. The number of phosphoric acid groups is 3.